The molecule has 0 aliphatic rings. The zero-order valence-corrected chi connectivity index (χ0v) is 11.1. The summed E-state index contributed by atoms with van der Waals surface area (Å²) in [5, 5.41) is 3.09. The summed E-state index contributed by atoms with van der Waals surface area (Å²) in [5.74, 6) is -0.199. The van der Waals surface area contributed by atoms with Gasteiger partial charge < -0.3 is 5.32 Å². The van der Waals surface area contributed by atoms with Gasteiger partial charge in [-0.05, 0) is 42.4 Å². The lowest BCUT2D eigenvalue weighted by Gasteiger charge is -2.07. The van der Waals surface area contributed by atoms with E-state index in [1.165, 1.54) is 6.07 Å². The van der Waals surface area contributed by atoms with Crippen molar-refractivity contribution in [2.45, 2.75) is 6.54 Å². The van der Waals surface area contributed by atoms with Crippen molar-refractivity contribution < 1.29 is 4.39 Å². The molecule has 2 aromatic rings. The van der Waals surface area contributed by atoms with Crippen molar-refractivity contribution in [3.63, 3.8) is 0 Å². The predicted molar refractivity (Wildman–Crippen MR) is 72.3 cm³/mol. The molecule has 0 unspecified atom stereocenters. The smallest absolute Gasteiger partial charge is 0.131 e. The lowest BCUT2D eigenvalue weighted by atomic mass is 10.0. The first kappa shape index (κ1) is 12.3. The van der Waals surface area contributed by atoms with Gasteiger partial charge in [-0.3, -0.25) is 0 Å². The van der Waals surface area contributed by atoms with Crippen LogP contribution in [0.15, 0.2) is 46.9 Å². The Balaban J connectivity index is 2.45. The summed E-state index contributed by atoms with van der Waals surface area (Å²) in [6.45, 7) is 0.781. The van der Waals surface area contributed by atoms with Gasteiger partial charge in [0.25, 0.3) is 0 Å². The van der Waals surface area contributed by atoms with E-state index in [-0.39, 0.29) is 5.82 Å². The Labute approximate surface area is 109 Å². The third-order valence-electron chi connectivity index (χ3n) is 2.55. The Morgan fingerprint density at radius 1 is 1.18 bits per heavy atom. The van der Waals surface area contributed by atoms with Crippen molar-refractivity contribution in [1.29, 1.82) is 0 Å². The molecule has 1 N–H and O–H groups in total. The Hall–Kier alpha value is -1.19. The number of benzene rings is 2. The highest BCUT2D eigenvalue weighted by Gasteiger charge is 2.06. The van der Waals surface area contributed by atoms with Gasteiger partial charge in [0.05, 0.1) is 0 Å². The van der Waals surface area contributed by atoms with Gasteiger partial charge in [-0.25, -0.2) is 4.39 Å². The van der Waals surface area contributed by atoms with Crippen LogP contribution in [0.3, 0.4) is 0 Å². The number of halogens is 2. The molecule has 0 saturated carbocycles. The quantitative estimate of drug-likeness (QED) is 0.903. The summed E-state index contributed by atoms with van der Waals surface area (Å²) in [6, 6.07) is 12.9. The Bertz CT molecular complexity index is 525. The zero-order valence-electron chi connectivity index (χ0n) is 9.50. The van der Waals surface area contributed by atoms with Crippen molar-refractivity contribution in [3.05, 3.63) is 58.3 Å². The predicted octanol–water partition coefficient (Wildman–Crippen LogP) is 3.97. The summed E-state index contributed by atoms with van der Waals surface area (Å²) >= 11 is 3.36. The summed E-state index contributed by atoms with van der Waals surface area (Å²) in [5.41, 5.74) is 2.67. The molecule has 0 amide bonds. The van der Waals surface area contributed by atoms with Gasteiger partial charge in [-0.1, -0.05) is 34.1 Å². The average Bonchev–Trinajstić information content (AvgIpc) is 2.33. The molecule has 0 radical (unpaired) electrons. The maximum atomic E-state index is 13.7. The number of nitrogens with one attached hydrogen (secondary N) is 1. The van der Waals surface area contributed by atoms with Crippen molar-refractivity contribution in [3.8, 4) is 11.1 Å². The largest absolute Gasteiger partial charge is 0.316 e. The molecule has 0 fully saturated rings. The standard InChI is InChI=1S/C14H13BrFN/c1-17-9-10-3-2-4-11(7-10)13-8-12(15)5-6-14(13)16/h2-8,17H,9H2,1H3. The summed E-state index contributed by atoms with van der Waals surface area (Å²) in [7, 11) is 1.90. The second-order valence-electron chi connectivity index (χ2n) is 3.85. The van der Waals surface area contributed by atoms with Crippen LogP contribution in [0.1, 0.15) is 5.56 Å². The maximum absolute atomic E-state index is 13.7. The lowest BCUT2D eigenvalue weighted by Crippen LogP contribution is -2.04. The fourth-order valence-corrected chi connectivity index (χ4v) is 2.13. The molecular weight excluding hydrogens is 281 g/mol. The van der Waals surface area contributed by atoms with Crippen molar-refractivity contribution in [1.82, 2.24) is 5.32 Å². The fourth-order valence-electron chi connectivity index (χ4n) is 1.77. The Morgan fingerprint density at radius 2 is 2.00 bits per heavy atom. The lowest BCUT2D eigenvalue weighted by molar-refractivity contribution is 0.631. The monoisotopic (exact) mass is 293 g/mol. The minimum Gasteiger partial charge on any atom is -0.316 e. The highest BCUT2D eigenvalue weighted by atomic mass is 79.9. The summed E-state index contributed by atoms with van der Waals surface area (Å²) in [6.07, 6.45) is 0. The molecule has 2 rings (SSSR count). The van der Waals surface area contributed by atoms with E-state index >= 15 is 0 Å². The molecule has 0 aliphatic heterocycles. The molecule has 0 saturated heterocycles. The van der Waals surface area contributed by atoms with Gasteiger partial charge in [-0.15, -0.1) is 0 Å². The van der Waals surface area contributed by atoms with E-state index in [4.69, 9.17) is 0 Å². The van der Waals surface area contributed by atoms with Gasteiger partial charge >= 0.3 is 0 Å². The van der Waals surface area contributed by atoms with Crippen molar-refractivity contribution in [2.75, 3.05) is 7.05 Å². The van der Waals surface area contributed by atoms with Crippen LogP contribution >= 0.6 is 15.9 Å². The van der Waals surface area contributed by atoms with E-state index in [9.17, 15) is 4.39 Å². The number of hydrogen-bond acceptors (Lipinski definition) is 1. The maximum Gasteiger partial charge on any atom is 0.131 e. The molecule has 3 heteroatoms. The molecule has 0 aromatic heterocycles. The molecule has 0 heterocycles. The van der Waals surface area contributed by atoms with Gasteiger partial charge in [-0.2, -0.15) is 0 Å². The number of rotatable bonds is 3. The van der Waals surface area contributed by atoms with E-state index in [2.05, 4.69) is 21.2 Å². The van der Waals surface area contributed by atoms with E-state index in [1.807, 2.05) is 31.3 Å². The van der Waals surface area contributed by atoms with E-state index in [1.54, 1.807) is 12.1 Å². The van der Waals surface area contributed by atoms with Gasteiger partial charge in [0.15, 0.2) is 0 Å². The molecule has 0 atom stereocenters. The SMILES string of the molecule is CNCc1cccc(-c2cc(Br)ccc2F)c1. The number of hydrogen-bond donors (Lipinski definition) is 1. The van der Waals surface area contributed by atoms with Crippen molar-refractivity contribution >= 4 is 15.9 Å². The molecular formula is C14H13BrFN. The van der Waals surface area contributed by atoms with Crippen LogP contribution in [-0.2, 0) is 6.54 Å². The first-order chi connectivity index (χ1) is 8.20. The molecule has 0 spiro atoms. The summed E-state index contributed by atoms with van der Waals surface area (Å²) < 4.78 is 14.6. The Kier molecular flexibility index (Phi) is 3.92. The van der Waals surface area contributed by atoms with Crippen LogP contribution in [0.2, 0.25) is 0 Å². The minimum atomic E-state index is -0.199. The van der Waals surface area contributed by atoms with E-state index in [0.717, 1.165) is 22.1 Å². The molecule has 2 aromatic carbocycles. The highest BCUT2D eigenvalue weighted by molar-refractivity contribution is 9.10. The first-order valence-corrected chi connectivity index (χ1v) is 6.19. The van der Waals surface area contributed by atoms with Crippen LogP contribution in [0, 0.1) is 5.82 Å². The third-order valence-corrected chi connectivity index (χ3v) is 3.04. The second kappa shape index (κ2) is 5.43. The van der Waals surface area contributed by atoms with Crippen LogP contribution in [-0.4, -0.2) is 7.05 Å². The summed E-state index contributed by atoms with van der Waals surface area (Å²) in [4.78, 5) is 0. The third kappa shape index (κ3) is 2.93. The van der Waals surface area contributed by atoms with Gasteiger partial charge in [0.1, 0.15) is 5.82 Å². The molecule has 0 aliphatic carbocycles. The fraction of sp³-hybridized carbons (Fsp3) is 0.143. The molecule has 88 valence electrons. The average molecular weight is 294 g/mol. The molecule has 1 nitrogen and oxygen atoms in total. The van der Waals surface area contributed by atoms with Gasteiger partial charge in [0, 0.05) is 16.6 Å². The topological polar surface area (TPSA) is 12.0 Å². The van der Waals surface area contributed by atoms with Crippen LogP contribution in [0.5, 0.6) is 0 Å². The van der Waals surface area contributed by atoms with E-state index in [0.29, 0.717) is 5.56 Å². The molecule has 17 heavy (non-hydrogen) atoms. The van der Waals surface area contributed by atoms with Gasteiger partial charge in [0.2, 0.25) is 0 Å². The minimum absolute atomic E-state index is 0.199. The van der Waals surface area contributed by atoms with E-state index < -0.39 is 0 Å². The normalized spacial score (nSPS) is 10.5. The highest BCUT2D eigenvalue weighted by Crippen LogP contribution is 2.26. The zero-order chi connectivity index (χ0) is 12.3. The van der Waals surface area contributed by atoms with Crippen LogP contribution in [0.4, 0.5) is 4.39 Å². The second-order valence-corrected chi connectivity index (χ2v) is 4.77. The Morgan fingerprint density at radius 3 is 2.76 bits per heavy atom. The first-order valence-electron chi connectivity index (χ1n) is 5.39. The van der Waals surface area contributed by atoms with Crippen molar-refractivity contribution in [2.24, 2.45) is 0 Å². The van der Waals surface area contributed by atoms with Crippen LogP contribution < -0.4 is 5.32 Å². The van der Waals surface area contributed by atoms with Crippen LogP contribution in [0.25, 0.3) is 11.1 Å². The molecule has 0 bridgehead atoms.